The molecule has 24 heavy (non-hydrogen) atoms. The van der Waals surface area contributed by atoms with Crippen molar-refractivity contribution in [2.75, 3.05) is 16.8 Å². The maximum Gasteiger partial charge on any atom is 0.319 e. The molecule has 124 valence electrons. The van der Waals surface area contributed by atoms with E-state index in [1.165, 1.54) is 6.07 Å². The standard InChI is InChI=1S/C18H18FN3O2/c1-12-11-14(7-8-15(12)19)22-10-9-16(17(22)23)21-18(24)20-13-5-3-2-4-6-13/h2-8,11,16H,9-10H2,1H3,(H2,20,21,24). The van der Waals surface area contributed by atoms with Crippen molar-refractivity contribution in [1.29, 1.82) is 0 Å². The Morgan fingerprint density at radius 2 is 1.96 bits per heavy atom. The summed E-state index contributed by atoms with van der Waals surface area (Å²) >= 11 is 0. The molecule has 0 spiro atoms. The van der Waals surface area contributed by atoms with E-state index in [0.717, 1.165) is 0 Å². The number of hydrogen-bond donors (Lipinski definition) is 2. The molecule has 0 aliphatic carbocycles. The Morgan fingerprint density at radius 1 is 1.21 bits per heavy atom. The number of nitrogens with zero attached hydrogens (tertiary/aromatic N) is 1. The number of nitrogens with one attached hydrogen (secondary N) is 2. The molecule has 0 radical (unpaired) electrons. The zero-order valence-corrected chi connectivity index (χ0v) is 13.3. The number of carbonyl (C=O) groups excluding carboxylic acids is 2. The van der Waals surface area contributed by atoms with Gasteiger partial charge < -0.3 is 15.5 Å². The summed E-state index contributed by atoms with van der Waals surface area (Å²) in [4.78, 5) is 26.1. The van der Waals surface area contributed by atoms with E-state index in [0.29, 0.717) is 29.9 Å². The number of benzene rings is 2. The van der Waals surface area contributed by atoms with Crippen LogP contribution < -0.4 is 15.5 Å². The average molecular weight is 327 g/mol. The smallest absolute Gasteiger partial charge is 0.319 e. The second-order valence-electron chi connectivity index (χ2n) is 5.73. The Labute approximate surface area is 139 Å². The molecule has 2 aromatic carbocycles. The van der Waals surface area contributed by atoms with E-state index < -0.39 is 12.1 Å². The minimum Gasteiger partial charge on any atom is -0.326 e. The molecule has 2 N–H and O–H groups in total. The maximum atomic E-state index is 13.4. The molecule has 1 aliphatic heterocycles. The number of anilines is 2. The number of aryl methyl sites for hydroxylation is 1. The molecular formula is C18H18FN3O2. The second-order valence-corrected chi connectivity index (χ2v) is 5.73. The quantitative estimate of drug-likeness (QED) is 0.910. The molecular weight excluding hydrogens is 309 g/mol. The summed E-state index contributed by atoms with van der Waals surface area (Å²) in [6.07, 6.45) is 0.511. The lowest BCUT2D eigenvalue weighted by molar-refractivity contribution is -0.118. The van der Waals surface area contributed by atoms with E-state index in [-0.39, 0.29) is 11.7 Å². The van der Waals surface area contributed by atoms with Crippen molar-refractivity contribution in [3.05, 3.63) is 59.9 Å². The van der Waals surface area contributed by atoms with Gasteiger partial charge in [-0.2, -0.15) is 0 Å². The Hall–Kier alpha value is -2.89. The molecule has 1 atom stereocenters. The van der Waals surface area contributed by atoms with Gasteiger partial charge in [-0.25, -0.2) is 9.18 Å². The normalized spacial score (nSPS) is 17.0. The number of halogens is 1. The predicted molar refractivity (Wildman–Crippen MR) is 90.5 cm³/mol. The molecule has 5 nitrogen and oxygen atoms in total. The van der Waals surface area contributed by atoms with Crippen molar-refractivity contribution >= 4 is 23.3 Å². The summed E-state index contributed by atoms with van der Waals surface area (Å²) in [7, 11) is 0. The summed E-state index contributed by atoms with van der Waals surface area (Å²) in [6.45, 7) is 2.14. The van der Waals surface area contributed by atoms with Crippen LogP contribution in [0.25, 0.3) is 0 Å². The molecule has 3 amide bonds. The first-order valence-corrected chi connectivity index (χ1v) is 7.74. The van der Waals surface area contributed by atoms with Gasteiger partial charge >= 0.3 is 6.03 Å². The lowest BCUT2D eigenvalue weighted by Crippen LogP contribution is -2.43. The fourth-order valence-corrected chi connectivity index (χ4v) is 2.71. The lowest BCUT2D eigenvalue weighted by Gasteiger charge is -2.18. The van der Waals surface area contributed by atoms with Gasteiger partial charge in [0, 0.05) is 17.9 Å². The molecule has 6 heteroatoms. The number of carbonyl (C=O) groups is 2. The topological polar surface area (TPSA) is 61.4 Å². The Balaban J connectivity index is 1.63. The van der Waals surface area contributed by atoms with Crippen LogP contribution in [-0.2, 0) is 4.79 Å². The third-order valence-corrected chi connectivity index (χ3v) is 4.00. The summed E-state index contributed by atoms with van der Waals surface area (Å²) in [6, 6.07) is 12.6. The van der Waals surface area contributed by atoms with E-state index in [1.807, 2.05) is 18.2 Å². The van der Waals surface area contributed by atoms with Gasteiger partial charge in [0.2, 0.25) is 5.91 Å². The van der Waals surface area contributed by atoms with Gasteiger partial charge in [-0.3, -0.25) is 4.79 Å². The van der Waals surface area contributed by atoms with E-state index in [2.05, 4.69) is 10.6 Å². The Morgan fingerprint density at radius 3 is 2.67 bits per heavy atom. The first kappa shape index (κ1) is 16.0. The summed E-state index contributed by atoms with van der Waals surface area (Å²) < 4.78 is 13.4. The lowest BCUT2D eigenvalue weighted by atomic mass is 10.2. The molecule has 1 unspecified atom stereocenters. The van der Waals surface area contributed by atoms with E-state index in [1.54, 1.807) is 36.1 Å². The number of rotatable bonds is 3. The molecule has 1 heterocycles. The monoisotopic (exact) mass is 327 g/mol. The minimum atomic E-state index is -0.584. The third-order valence-electron chi connectivity index (χ3n) is 4.00. The van der Waals surface area contributed by atoms with Crippen LogP contribution in [0.5, 0.6) is 0 Å². The van der Waals surface area contributed by atoms with Gasteiger partial charge in [-0.15, -0.1) is 0 Å². The molecule has 1 fully saturated rings. The highest BCUT2D eigenvalue weighted by molar-refractivity contribution is 6.02. The minimum absolute atomic E-state index is 0.191. The maximum absolute atomic E-state index is 13.4. The van der Waals surface area contributed by atoms with Gasteiger partial charge in [-0.05, 0) is 49.2 Å². The first-order chi connectivity index (χ1) is 11.5. The van der Waals surface area contributed by atoms with E-state index >= 15 is 0 Å². The molecule has 0 bridgehead atoms. The van der Waals surface area contributed by atoms with E-state index in [4.69, 9.17) is 0 Å². The summed E-state index contributed by atoms with van der Waals surface area (Å²) in [5.74, 6) is -0.494. The van der Waals surface area contributed by atoms with E-state index in [9.17, 15) is 14.0 Å². The SMILES string of the molecule is Cc1cc(N2CCC(NC(=O)Nc3ccccc3)C2=O)ccc1F. The molecule has 1 aliphatic rings. The van der Waals surface area contributed by atoms with Crippen molar-refractivity contribution in [3.8, 4) is 0 Å². The van der Waals surface area contributed by atoms with Crippen LogP contribution in [0.3, 0.4) is 0 Å². The van der Waals surface area contributed by atoms with Gasteiger partial charge in [0.1, 0.15) is 11.9 Å². The highest BCUT2D eigenvalue weighted by Crippen LogP contribution is 2.23. The fourth-order valence-electron chi connectivity index (χ4n) is 2.71. The van der Waals surface area contributed by atoms with Gasteiger partial charge in [0.05, 0.1) is 0 Å². The predicted octanol–water partition coefficient (Wildman–Crippen LogP) is 3.06. The summed E-state index contributed by atoms with van der Waals surface area (Å²) in [5.41, 5.74) is 1.79. The van der Waals surface area contributed by atoms with Crippen LogP contribution in [0.15, 0.2) is 48.5 Å². The summed E-state index contributed by atoms with van der Waals surface area (Å²) in [5, 5.41) is 5.38. The molecule has 0 saturated carbocycles. The van der Waals surface area contributed by atoms with Gasteiger partial charge in [-0.1, -0.05) is 18.2 Å². The van der Waals surface area contributed by atoms with Crippen LogP contribution in [0, 0.1) is 12.7 Å². The number of amides is 3. The van der Waals surface area contributed by atoms with Crippen LogP contribution in [0.4, 0.5) is 20.6 Å². The Bertz CT molecular complexity index is 764. The molecule has 0 aromatic heterocycles. The van der Waals surface area contributed by atoms with Crippen LogP contribution in [0.2, 0.25) is 0 Å². The molecule has 3 rings (SSSR count). The molecule has 2 aromatic rings. The van der Waals surface area contributed by atoms with Crippen molar-refractivity contribution in [3.63, 3.8) is 0 Å². The van der Waals surface area contributed by atoms with Crippen molar-refractivity contribution < 1.29 is 14.0 Å². The van der Waals surface area contributed by atoms with Crippen LogP contribution in [0.1, 0.15) is 12.0 Å². The number of hydrogen-bond acceptors (Lipinski definition) is 2. The highest BCUT2D eigenvalue weighted by atomic mass is 19.1. The van der Waals surface area contributed by atoms with Crippen LogP contribution in [-0.4, -0.2) is 24.5 Å². The molecule has 1 saturated heterocycles. The second kappa shape index (κ2) is 6.70. The zero-order chi connectivity index (χ0) is 17.1. The highest BCUT2D eigenvalue weighted by Gasteiger charge is 2.33. The zero-order valence-electron chi connectivity index (χ0n) is 13.3. The fraction of sp³-hybridized carbons (Fsp3) is 0.222. The average Bonchev–Trinajstić information content (AvgIpc) is 2.92. The van der Waals surface area contributed by atoms with Crippen molar-refractivity contribution in [2.45, 2.75) is 19.4 Å². The Kier molecular flexibility index (Phi) is 4.46. The van der Waals surface area contributed by atoms with Gasteiger partial charge in [0.25, 0.3) is 0 Å². The largest absolute Gasteiger partial charge is 0.326 e. The third kappa shape index (κ3) is 3.37. The van der Waals surface area contributed by atoms with Crippen molar-refractivity contribution in [1.82, 2.24) is 5.32 Å². The number of urea groups is 1. The van der Waals surface area contributed by atoms with Gasteiger partial charge in [0.15, 0.2) is 0 Å². The first-order valence-electron chi connectivity index (χ1n) is 7.74. The van der Waals surface area contributed by atoms with Crippen molar-refractivity contribution in [2.24, 2.45) is 0 Å². The van der Waals surface area contributed by atoms with Crippen LogP contribution >= 0.6 is 0 Å². The number of para-hydroxylation sites is 1.